The molecule has 0 amide bonds. The Balaban J connectivity index is 1.64. The highest BCUT2D eigenvalue weighted by atomic mass is 16.5. The molecule has 1 atom stereocenters. The normalized spacial score (nSPS) is 13.7. The number of carbonyl (C=O) groups is 1. The molecule has 0 N–H and O–H groups in total. The van der Waals surface area contributed by atoms with Crippen LogP contribution in [-0.4, -0.2) is 39.5 Å². The summed E-state index contributed by atoms with van der Waals surface area (Å²) in [7, 11) is 0. The summed E-state index contributed by atoms with van der Waals surface area (Å²) < 4.78 is 17.9. The molecule has 3 heterocycles. The maximum absolute atomic E-state index is 13.2. The Morgan fingerprint density at radius 2 is 1.81 bits per heavy atom. The number of ketones is 1. The summed E-state index contributed by atoms with van der Waals surface area (Å²) in [4.78, 5) is 26.8. The summed E-state index contributed by atoms with van der Waals surface area (Å²) in [6, 6.07) is 15.0. The summed E-state index contributed by atoms with van der Waals surface area (Å²) in [6.45, 7) is 12.6. The van der Waals surface area contributed by atoms with Crippen molar-refractivity contribution in [3.63, 3.8) is 0 Å². The van der Waals surface area contributed by atoms with Crippen molar-refractivity contribution in [1.82, 2.24) is 15.0 Å². The highest BCUT2D eigenvalue weighted by molar-refractivity contribution is 6.09. The molecule has 0 bridgehead atoms. The number of rotatable bonds is 7. The van der Waals surface area contributed by atoms with Crippen LogP contribution in [-0.2, 0) is 16.0 Å². The van der Waals surface area contributed by atoms with Crippen LogP contribution < -0.4 is 9.47 Å². The van der Waals surface area contributed by atoms with Crippen LogP contribution in [0.3, 0.4) is 0 Å². The van der Waals surface area contributed by atoms with Crippen LogP contribution in [0.25, 0.3) is 43.9 Å². The maximum atomic E-state index is 13.2. The first-order valence-electron chi connectivity index (χ1n) is 14.4. The number of hydrogen-bond donors (Lipinski definition) is 0. The second-order valence-corrected chi connectivity index (χ2v) is 11.7. The number of carbonyl (C=O) groups excluding carboxylic acids is 1. The van der Waals surface area contributed by atoms with Gasteiger partial charge in [-0.2, -0.15) is 0 Å². The van der Waals surface area contributed by atoms with E-state index >= 15 is 0 Å². The molecule has 1 aliphatic rings. The number of pyridine rings is 1. The van der Waals surface area contributed by atoms with E-state index in [1.165, 1.54) is 5.56 Å². The van der Waals surface area contributed by atoms with Crippen molar-refractivity contribution in [3.05, 3.63) is 77.7 Å². The summed E-state index contributed by atoms with van der Waals surface area (Å²) in [6.07, 6.45) is 5.51. The minimum atomic E-state index is -0.745. The van der Waals surface area contributed by atoms with Gasteiger partial charge in [0, 0.05) is 41.5 Å². The standard InChI is InChI=1S/C35H35N3O4/c1-7-40-34-37-18-25(19-38-34)23-8-9-26-24(17-23)16-20(2)29(33(21(3)39)42-35(4,5)6)31(26)27-10-11-28-30-22(13-15-41-28)12-14-36-32(27)30/h8-12,14,16-19,33H,7,13,15H2,1-6H3/t33-/m1/s1. The first kappa shape index (κ1) is 27.8. The van der Waals surface area contributed by atoms with E-state index in [4.69, 9.17) is 19.2 Å². The second-order valence-electron chi connectivity index (χ2n) is 11.7. The molecule has 0 spiro atoms. The Bertz CT molecular complexity index is 1810. The van der Waals surface area contributed by atoms with Crippen molar-refractivity contribution in [1.29, 1.82) is 0 Å². The summed E-state index contributed by atoms with van der Waals surface area (Å²) >= 11 is 0. The smallest absolute Gasteiger partial charge is 0.316 e. The van der Waals surface area contributed by atoms with Gasteiger partial charge in [0.1, 0.15) is 11.9 Å². The molecule has 6 rings (SSSR count). The Morgan fingerprint density at radius 3 is 2.52 bits per heavy atom. The van der Waals surface area contributed by atoms with Gasteiger partial charge in [0.15, 0.2) is 5.78 Å². The number of aryl methyl sites for hydroxylation is 1. The SMILES string of the molecule is CCOc1ncc(-c2ccc3c(-c4ccc5c6c(ccnc46)CCO5)c([C@H](OC(C)(C)C)C(C)=O)c(C)cc3c2)cn1. The third-order valence-corrected chi connectivity index (χ3v) is 7.56. The Hall–Kier alpha value is -4.36. The zero-order valence-electron chi connectivity index (χ0n) is 24.9. The fraction of sp³-hybridized carbons (Fsp3) is 0.314. The predicted octanol–water partition coefficient (Wildman–Crippen LogP) is 7.60. The molecule has 42 heavy (non-hydrogen) atoms. The quantitative estimate of drug-likeness (QED) is 0.202. The van der Waals surface area contributed by atoms with Gasteiger partial charge in [-0.1, -0.05) is 18.2 Å². The molecule has 0 radical (unpaired) electrons. The van der Waals surface area contributed by atoms with Crippen LogP contribution in [0, 0.1) is 6.92 Å². The van der Waals surface area contributed by atoms with Crippen LogP contribution >= 0.6 is 0 Å². The van der Waals surface area contributed by atoms with Crippen LogP contribution in [0.1, 0.15) is 57.4 Å². The number of fused-ring (bicyclic) bond motifs is 1. The third-order valence-electron chi connectivity index (χ3n) is 7.56. The minimum absolute atomic E-state index is 0.0456. The molecular weight excluding hydrogens is 526 g/mol. The first-order chi connectivity index (χ1) is 20.1. The summed E-state index contributed by atoms with van der Waals surface area (Å²) in [5.41, 5.74) is 7.16. The lowest BCUT2D eigenvalue weighted by molar-refractivity contribution is -0.138. The van der Waals surface area contributed by atoms with Gasteiger partial charge < -0.3 is 14.2 Å². The Morgan fingerprint density at radius 1 is 1.02 bits per heavy atom. The minimum Gasteiger partial charge on any atom is -0.493 e. The first-order valence-corrected chi connectivity index (χ1v) is 14.4. The monoisotopic (exact) mass is 561 g/mol. The Labute approximate surface area is 245 Å². The van der Waals surface area contributed by atoms with Crippen molar-refractivity contribution < 1.29 is 19.0 Å². The summed E-state index contributed by atoms with van der Waals surface area (Å²) in [5, 5.41) is 3.07. The predicted molar refractivity (Wildman–Crippen MR) is 165 cm³/mol. The lowest BCUT2D eigenvalue weighted by Gasteiger charge is -2.30. The van der Waals surface area contributed by atoms with E-state index in [0.717, 1.165) is 67.2 Å². The van der Waals surface area contributed by atoms with Crippen molar-refractivity contribution >= 4 is 27.5 Å². The van der Waals surface area contributed by atoms with Crippen molar-refractivity contribution in [2.75, 3.05) is 13.2 Å². The van der Waals surface area contributed by atoms with Crippen LogP contribution in [0.15, 0.2) is 61.1 Å². The van der Waals surface area contributed by atoms with Gasteiger partial charge in [-0.25, -0.2) is 9.97 Å². The van der Waals surface area contributed by atoms with E-state index in [9.17, 15) is 4.79 Å². The lowest BCUT2D eigenvalue weighted by atomic mass is 9.84. The van der Waals surface area contributed by atoms with E-state index in [2.05, 4.69) is 53.3 Å². The molecule has 214 valence electrons. The summed E-state index contributed by atoms with van der Waals surface area (Å²) in [5.74, 6) is 0.796. The van der Waals surface area contributed by atoms with E-state index in [1.807, 2.05) is 40.0 Å². The van der Waals surface area contributed by atoms with E-state index in [0.29, 0.717) is 19.2 Å². The number of hydrogen-bond acceptors (Lipinski definition) is 7. The number of ether oxygens (including phenoxy) is 3. The van der Waals surface area contributed by atoms with Gasteiger partial charge in [0.2, 0.25) is 0 Å². The van der Waals surface area contributed by atoms with Crippen LogP contribution in [0.5, 0.6) is 11.8 Å². The topological polar surface area (TPSA) is 83.4 Å². The van der Waals surface area contributed by atoms with Gasteiger partial charge in [-0.15, -0.1) is 0 Å². The third kappa shape index (κ3) is 5.09. The van der Waals surface area contributed by atoms with Crippen LogP contribution in [0.4, 0.5) is 0 Å². The molecule has 0 saturated heterocycles. The molecular formula is C35H35N3O4. The zero-order chi connectivity index (χ0) is 29.6. The zero-order valence-corrected chi connectivity index (χ0v) is 24.9. The van der Waals surface area contributed by atoms with Gasteiger partial charge in [0.05, 0.1) is 24.3 Å². The molecule has 0 unspecified atom stereocenters. The van der Waals surface area contributed by atoms with Crippen molar-refractivity contribution in [2.24, 2.45) is 0 Å². The largest absolute Gasteiger partial charge is 0.493 e. The van der Waals surface area contributed by atoms with E-state index < -0.39 is 11.7 Å². The fourth-order valence-corrected chi connectivity index (χ4v) is 5.84. The number of Topliss-reactive ketones (excluding diaryl/α,β-unsaturated/α-hetero) is 1. The molecule has 7 heteroatoms. The van der Waals surface area contributed by atoms with Gasteiger partial charge in [-0.3, -0.25) is 9.78 Å². The second kappa shape index (κ2) is 10.8. The molecule has 0 saturated carbocycles. The maximum Gasteiger partial charge on any atom is 0.316 e. The molecule has 5 aromatic rings. The van der Waals surface area contributed by atoms with Crippen molar-refractivity contribution in [2.45, 2.75) is 59.7 Å². The molecule has 0 aliphatic carbocycles. The van der Waals surface area contributed by atoms with Crippen LogP contribution in [0.2, 0.25) is 0 Å². The van der Waals surface area contributed by atoms with E-state index in [-0.39, 0.29) is 5.78 Å². The van der Waals surface area contributed by atoms with E-state index in [1.54, 1.807) is 19.3 Å². The highest BCUT2D eigenvalue weighted by Gasteiger charge is 2.31. The van der Waals surface area contributed by atoms with Crippen molar-refractivity contribution in [3.8, 4) is 34.0 Å². The Kier molecular flexibility index (Phi) is 7.15. The van der Waals surface area contributed by atoms with Gasteiger partial charge in [-0.05, 0) is 104 Å². The van der Waals surface area contributed by atoms with Gasteiger partial charge in [0.25, 0.3) is 0 Å². The molecule has 2 aromatic heterocycles. The lowest BCUT2D eigenvalue weighted by Crippen LogP contribution is -2.27. The fourth-order valence-electron chi connectivity index (χ4n) is 5.84. The number of aromatic nitrogens is 3. The average Bonchev–Trinajstić information content (AvgIpc) is 2.96. The average molecular weight is 562 g/mol. The molecule has 3 aromatic carbocycles. The molecule has 1 aliphatic heterocycles. The highest BCUT2D eigenvalue weighted by Crippen LogP contribution is 2.45. The molecule has 0 fully saturated rings. The number of benzene rings is 3. The molecule has 7 nitrogen and oxygen atoms in total. The number of nitrogens with zero attached hydrogens (tertiary/aromatic N) is 3. The van der Waals surface area contributed by atoms with Gasteiger partial charge >= 0.3 is 6.01 Å².